The molecule has 1 aliphatic heterocycles. The average molecular weight is 289 g/mol. The Kier molecular flexibility index (Phi) is 6.65. The van der Waals surface area contributed by atoms with Crippen molar-refractivity contribution in [3.63, 3.8) is 0 Å². The fourth-order valence-electron chi connectivity index (χ4n) is 1.86. The normalized spacial score (nSPS) is 23.7. The first-order valence-corrected chi connectivity index (χ1v) is 7.79. The Balaban J connectivity index is 2.36. The van der Waals surface area contributed by atoms with Crippen LogP contribution in [0.2, 0.25) is 0 Å². The quantitative estimate of drug-likeness (QED) is 0.750. The van der Waals surface area contributed by atoms with Crippen molar-refractivity contribution in [2.45, 2.75) is 39.4 Å². The second-order valence-corrected chi connectivity index (χ2v) is 6.41. The van der Waals surface area contributed by atoms with Gasteiger partial charge in [-0.15, -0.1) is 0 Å². The van der Waals surface area contributed by atoms with Crippen LogP contribution < -0.4 is 0 Å². The molecule has 1 aliphatic rings. The van der Waals surface area contributed by atoms with Gasteiger partial charge < -0.3 is 14.7 Å². The maximum absolute atomic E-state index is 12.0. The molecule has 1 heterocycles. The third-order valence-electron chi connectivity index (χ3n) is 2.95. The Bertz CT molecular complexity index is 322. The lowest BCUT2D eigenvalue weighted by Crippen LogP contribution is -2.52. The zero-order valence-electron chi connectivity index (χ0n) is 11.8. The molecule has 0 aromatic carbocycles. The molecule has 1 fully saturated rings. The number of amides is 1. The molecule has 1 rings (SSSR count). The summed E-state index contributed by atoms with van der Waals surface area (Å²) in [6.07, 6.45) is -0.0253. The van der Waals surface area contributed by atoms with Gasteiger partial charge in [-0.05, 0) is 25.0 Å². The second kappa shape index (κ2) is 7.75. The number of morpholine rings is 1. The minimum atomic E-state index is -1.00. The highest BCUT2D eigenvalue weighted by molar-refractivity contribution is 7.99. The average Bonchev–Trinajstić information content (AvgIpc) is 2.33. The Labute approximate surface area is 118 Å². The highest BCUT2D eigenvalue weighted by Crippen LogP contribution is 2.14. The van der Waals surface area contributed by atoms with E-state index in [1.807, 2.05) is 0 Å². The first-order chi connectivity index (χ1) is 8.90. The molecule has 5 nitrogen and oxygen atoms in total. The van der Waals surface area contributed by atoms with Crippen molar-refractivity contribution in [1.29, 1.82) is 0 Å². The number of hydrogen-bond acceptors (Lipinski definition) is 4. The van der Waals surface area contributed by atoms with Gasteiger partial charge in [-0.3, -0.25) is 4.79 Å². The lowest BCUT2D eigenvalue weighted by molar-refractivity contribution is -0.165. The van der Waals surface area contributed by atoms with Crippen LogP contribution >= 0.6 is 11.8 Å². The summed E-state index contributed by atoms with van der Waals surface area (Å²) in [5, 5.41) is 8.96. The number of carboxylic acid groups (broad SMARTS) is 1. The standard InChI is InChI=1S/C13H23NO4S/c1-9(2)4-5-19-8-12(15)14-6-10(3)18-11(7-14)13(16)17/h9-11H,4-8H2,1-3H3,(H,16,17)/t10-,11?/m1/s1. The minimum Gasteiger partial charge on any atom is -0.479 e. The summed E-state index contributed by atoms with van der Waals surface area (Å²) in [5.74, 6) is 1.03. The highest BCUT2D eigenvalue weighted by atomic mass is 32.2. The maximum Gasteiger partial charge on any atom is 0.334 e. The molecule has 0 radical (unpaired) electrons. The monoisotopic (exact) mass is 289 g/mol. The van der Waals surface area contributed by atoms with Gasteiger partial charge >= 0.3 is 5.97 Å². The van der Waals surface area contributed by atoms with Gasteiger partial charge in [0.25, 0.3) is 0 Å². The van der Waals surface area contributed by atoms with Gasteiger partial charge in [0.2, 0.25) is 5.91 Å². The lowest BCUT2D eigenvalue weighted by atomic mass is 10.2. The molecule has 2 atom stereocenters. The summed E-state index contributed by atoms with van der Waals surface area (Å²) < 4.78 is 5.28. The van der Waals surface area contributed by atoms with E-state index in [9.17, 15) is 9.59 Å². The third kappa shape index (κ3) is 5.82. The van der Waals surface area contributed by atoms with E-state index in [1.165, 1.54) is 0 Å². The second-order valence-electron chi connectivity index (χ2n) is 5.31. The van der Waals surface area contributed by atoms with E-state index in [0.29, 0.717) is 18.2 Å². The van der Waals surface area contributed by atoms with Crippen LogP contribution in [0.25, 0.3) is 0 Å². The van der Waals surface area contributed by atoms with E-state index in [1.54, 1.807) is 23.6 Å². The number of rotatable bonds is 6. The van der Waals surface area contributed by atoms with Crippen LogP contribution in [0.1, 0.15) is 27.2 Å². The van der Waals surface area contributed by atoms with Crippen LogP contribution in [0, 0.1) is 5.92 Å². The van der Waals surface area contributed by atoms with E-state index in [4.69, 9.17) is 9.84 Å². The van der Waals surface area contributed by atoms with Crippen LogP contribution in [0.5, 0.6) is 0 Å². The van der Waals surface area contributed by atoms with Crippen molar-refractivity contribution in [2.75, 3.05) is 24.6 Å². The van der Waals surface area contributed by atoms with Crippen LogP contribution in [0.15, 0.2) is 0 Å². The maximum atomic E-state index is 12.0. The van der Waals surface area contributed by atoms with E-state index in [2.05, 4.69) is 13.8 Å². The highest BCUT2D eigenvalue weighted by Gasteiger charge is 2.32. The van der Waals surface area contributed by atoms with Gasteiger partial charge in [0, 0.05) is 6.54 Å². The summed E-state index contributed by atoms with van der Waals surface area (Å²) in [6.45, 7) is 6.74. The number of hydrogen-bond donors (Lipinski definition) is 1. The van der Waals surface area contributed by atoms with Crippen molar-refractivity contribution >= 4 is 23.6 Å². The molecule has 6 heteroatoms. The summed E-state index contributed by atoms with van der Waals surface area (Å²) in [4.78, 5) is 24.6. The van der Waals surface area contributed by atoms with Gasteiger partial charge in [-0.1, -0.05) is 13.8 Å². The Morgan fingerprint density at radius 1 is 1.42 bits per heavy atom. The predicted molar refractivity (Wildman–Crippen MR) is 75.3 cm³/mol. The molecular formula is C13H23NO4S. The van der Waals surface area contributed by atoms with Crippen LogP contribution in [0.3, 0.4) is 0 Å². The molecule has 19 heavy (non-hydrogen) atoms. The number of nitrogens with zero attached hydrogens (tertiary/aromatic N) is 1. The first-order valence-electron chi connectivity index (χ1n) is 6.64. The number of carbonyl (C=O) groups is 2. The summed E-state index contributed by atoms with van der Waals surface area (Å²) in [7, 11) is 0. The Morgan fingerprint density at radius 3 is 2.68 bits per heavy atom. The molecular weight excluding hydrogens is 266 g/mol. The van der Waals surface area contributed by atoms with Crippen molar-refractivity contribution in [3.8, 4) is 0 Å². The molecule has 0 aromatic heterocycles. The van der Waals surface area contributed by atoms with Crippen molar-refractivity contribution < 1.29 is 19.4 Å². The molecule has 0 bridgehead atoms. The van der Waals surface area contributed by atoms with Crippen LogP contribution in [-0.4, -0.2) is 58.7 Å². The van der Waals surface area contributed by atoms with Gasteiger partial charge in [0.15, 0.2) is 6.10 Å². The zero-order valence-corrected chi connectivity index (χ0v) is 12.6. The van der Waals surface area contributed by atoms with E-state index in [0.717, 1.165) is 12.2 Å². The van der Waals surface area contributed by atoms with Crippen LogP contribution in [-0.2, 0) is 14.3 Å². The van der Waals surface area contributed by atoms with Gasteiger partial charge in [0.1, 0.15) is 0 Å². The van der Waals surface area contributed by atoms with Gasteiger partial charge in [-0.2, -0.15) is 11.8 Å². The third-order valence-corrected chi connectivity index (χ3v) is 3.93. The van der Waals surface area contributed by atoms with Crippen molar-refractivity contribution in [1.82, 2.24) is 4.90 Å². The van der Waals surface area contributed by atoms with Crippen molar-refractivity contribution in [2.24, 2.45) is 5.92 Å². The summed E-state index contributed by atoms with van der Waals surface area (Å²) in [5.41, 5.74) is 0. The van der Waals surface area contributed by atoms with Gasteiger partial charge in [0.05, 0.1) is 18.4 Å². The predicted octanol–water partition coefficient (Wildman–Crippen LogP) is 1.47. The minimum absolute atomic E-state index is 0.00940. The molecule has 0 saturated carbocycles. The van der Waals surface area contributed by atoms with E-state index < -0.39 is 12.1 Å². The zero-order chi connectivity index (χ0) is 14.4. The number of ether oxygens (including phenoxy) is 1. The van der Waals surface area contributed by atoms with Gasteiger partial charge in [-0.25, -0.2) is 4.79 Å². The van der Waals surface area contributed by atoms with Crippen molar-refractivity contribution in [3.05, 3.63) is 0 Å². The number of aliphatic carboxylic acids is 1. The topological polar surface area (TPSA) is 66.8 Å². The first kappa shape index (κ1) is 16.3. The number of carboxylic acids is 1. The molecule has 1 unspecified atom stereocenters. The smallest absolute Gasteiger partial charge is 0.334 e. The molecule has 1 saturated heterocycles. The SMILES string of the molecule is CC(C)CCSCC(=O)N1CC(C(=O)O)O[C@H](C)C1. The molecule has 1 N–H and O–H groups in total. The molecule has 0 aliphatic carbocycles. The fraction of sp³-hybridized carbons (Fsp3) is 0.846. The molecule has 0 aromatic rings. The fourth-order valence-corrected chi connectivity index (χ4v) is 3.00. The lowest BCUT2D eigenvalue weighted by Gasteiger charge is -2.34. The summed E-state index contributed by atoms with van der Waals surface area (Å²) in [6, 6.07) is 0. The molecule has 0 spiro atoms. The van der Waals surface area contributed by atoms with E-state index >= 15 is 0 Å². The Morgan fingerprint density at radius 2 is 2.11 bits per heavy atom. The molecule has 1 amide bonds. The number of carbonyl (C=O) groups excluding carboxylic acids is 1. The number of thioether (sulfide) groups is 1. The van der Waals surface area contributed by atoms with Crippen LogP contribution in [0.4, 0.5) is 0 Å². The molecule has 110 valence electrons. The largest absolute Gasteiger partial charge is 0.479 e. The summed E-state index contributed by atoms with van der Waals surface area (Å²) >= 11 is 1.61. The van der Waals surface area contributed by atoms with E-state index in [-0.39, 0.29) is 18.6 Å². The Hall–Kier alpha value is -0.750.